The number of nitrogens with zero attached hydrogens (tertiary/aromatic N) is 3. The van der Waals surface area contributed by atoms with E-state index >= 15 is 0 Å². The Kier molecular flexibility index (Phi) is 9.89. The van der Waals surface area contributed by atoms with Crippen molar-refractivity contribution < 1.29 is 9.84 Å². The third-order valence-electron chi connectivity index (χ3n) is 5.80. The number of aliphatic hydroxyl groups is 1. The van der Waals surface area contributed by atoms with Crippen LogP contribution in [0.2, 0.25) is 0 Å². The lowest BCUT2D eigenvalue weighted by molar-refractivity contribution is 0.0376. The SMILES string of the molecule is CCNC(=NCc1ccc(CN2CCC(O)CC2)cc1)NCCCN1CCOCC1. The molecule has 2 heterocycles. The van der Waals surface area contributed by atoms with Crippen LogP contribution in [0, 0.1) is 0 Å². The van der Waals surface area contributed by atoms with Gasteiger partial charge in [0.15, 0.2) is 5.96 Å². The number of hydrogen-bond acceptors (Lipinski definition) is 5. The van der Waals surface area contributed by atoms with E-state index < -0.39 is 0 Å². The summed E-state index contributed by atoms with van der Waals surface area (Å²) in [6.45, 7) is 12.4. The van der Waals surface area contributed by atoms with E-state index in [1.807, 2.05) is 0 Å². The van der Waals surface area contributed by atoms with Crippen LogP contribution in [0.25, 0.3) is 0 Å². The summed E-state index contributed by atoms with van der Waals surface area (Å²) in [6, 6.07) is 8.77. The highest BCUT2D eigenvalue weighted by Crippen LogP contribution is 2.14. The van der Waals surface area contributed by atoms with Crippen molar-refractivity contribution in [1.29, 1.82) is 0 Å². The first-order chi connectivity index (χ1) is 14.7. The zero-order chi connectivity index (χ0) is 21.0. The number of ether oxygens (including phenoxy) is 1. The maximum atomic E-state index is 9.64. The normalized spacial score (nSPS) is 19.7. The minimum atomic E-state index is -0.111. The molecule has 2 aliphatic heterocycles. The summed E-state index contributed by atoms with van der Waals surface area (Å²) in [6.07, 6.45) is 2.77. The maximum absolute atomic E-state index is 9.64. The van der Waals surface area contributed by atoms with Gasteiger partial charge in [-0.2, -0.15) is 0 Å². The second-order valence-corrected chi connectivity index (χ2v) is 8.25. The zero-order valence-electron chi connectivity index (χ0n) is 18.5. The molecule has 3 N–H and O–H groups in total. The standard InChI is InChI=1S/C23H39N5O2/c1-2-24-23(25-10-3-11-27-14-16-30-17-15-27)26-18-20-4-6-21(7-5-20)19-28-12-8-22(29)9-13-28/h4-7,22,29H,2-3,8-19H2,1H3,(H2,24,25,26). The number of morpholine rings is 1. The van der Waals surface area contributed by atoms with Gasteiger partial charge >= 0.3 is 0 Å². The van der Waals surface area contributed by atoms with Crippen molar-refractivity contribution in [2.45, 2.75) is 45.4 Å². The van der Waals surface area contributed by atoms with Crippen molar-refractivity contribution in [1.82, 2.24) is 20.4 Å². The molecule has 0 amide bonds. The molecule has 0 unspecified atom stereocenters. The number of guanidine groups is 1. The van der Waals surface area contributed by atoms with Gasteiger partial charge in [-0.15, -0.1) is 0 Å². The predicted octanol–water partition coefficient (Wildman–Crippen LogP) is 1.42. The van der Waals surface area contributed by atoms with E-state index in [1.54, 1.807) is 0 Å². The monoisotopic (exact) mass is 417 g/mol. The lowest BCUT2D eigenvalue weighted by Crippen LogP contribution is -2.40. The number of piperidine rings is 1. The van der Waals surface area contributed by atoms with E-state index in [9.17, 15) is 5.11 Å². The lowest BCUT2D eigenvalue weighted by Gasteiger charge is -2.29. The predicted molar refractivity (Wildman–Crippen MR) is 122 cm³/mol. The summed E-state index contributed by atoms with van der Waals surface area (Å²) in [4.78, 5) is 9.63. The third-order valence-corrected chi connectivity index (χ3v) is 5.80. The van der Waals surface area contributed by atoms with Crippen molar-refractivity contribution in [3.05, 3.63) is 35.4 Å². The average Bonchev–Trinajstić information content (AvgIpc) is 2.78. The molecule has 2 saturated heterocycles. The van der Waals surface area contributed by atoms with Gasteiger partial charge in [-0.05, 0) is 43.9 Å². The topological polar surface area (TPSA) is 72.4 Å². The first-order valence-electron chi connectivity index (χ1n) is 11.5. The largest absolute Gasteiger partial charge is 0.393 e. The molecule has 2 fully saturated rings. The number of likely N-dealkylation sites (tertiary alicyclic amines) is 1. The molecule has 1 aromatic rings. The van der Waals surface area contributed by atoms with Gasteiger partial charge in [0, 0.05) is 45.8 Å². The second kappa shape index (κ2) is 12.9. The fourth-order valence-corrected chi connectivity index (χ4v) is 3.93. The van der Waals surface area contributed by atoms with E-state index in [0.29, 0.717) is 6.54 Å². The highest BCUT2D eigenvalue weighted by molar-refractivity contribution is 5.79. The quantitative estimate of drug-likeness (QED) is 0.321. The molecule has 0 saturated carbocycles. The Morgan fingerprint density at radius 2 is 1.73 bits per heavy atom. The number of nitrogens with one attached hydrogen (secondary N) is 2. The van der Waals surface area contributed by atoms with E-state index in [0.717, 1.165) is 90.8 Å². The van der Waals surface area contributed by atoms with Crippen molar-refractivity contribution in [3.63, 3.8) is 0 Å². The molecule has 3 rings (SSSR count). The summed E-state index contributed by atoms with van der Waals surface area (Å²) in [7, 11) is 0. The van der Waals surface area contributed by atoms with Gasteiger partial charge in [0.05, 0.1) is 25.9 Å². The van der Waals surface area contributed by atoms with Gasteiger partial charge in [0.2, 0.25) is 0 Å². The Balaban J connectivity index is 1.39. The highest BCUT2D eigenvalue weighted by atomic mass is 16.5. The molecule has 30 heavy (non-hydrogen) atoms. The first-order valence-corrected chi connectivity index (χ1v) is 11.5. The number of benzene rings is 1. The molecule has 0 aromatic heterocycles. The fourth-order valence-electron chi connectivity index (χ4n) is 3.93. The molecule has 0 bridgehead atoms. The van der Waals surface area contributed by atoms with E-state index in [1.165, 1.54) is 11.1 Å². The van der Waals surface area contributed by atoms with E-state index in [-0.39, 0.29) is 6.10 Å². The van der Waals surface area contributed by atoms with Gasteiger partial charge in [-0.1, -0.05) is 24.3 Å². The molecule has 7 heteroatoms. The van der Waals surface area contributed by atoms with Crippen LogP contribution in [-0.2, 0) is 17.8 Å². The van der Waals surface area contributed by atoms with Gasteiger partial charge in [0.1, 0.15) is 0 Å². The van der Waals surface area contributed by atoms with Crippen LogP contribution in [0.1, 0.15) is 37.3 Å². The Morgan fingerprint density at radius 1 is 1.03 bits per heavy atom. The smallest absolute Gasteiger partial charge is 0.191 e. The molecule has 2 aliphatic rings. The second-order valence-electron chi connectivity index (χ2n) is 8.25. The fraction of sp³-hybridized carbons (Fsp3) is 0.696. The number of aliphatic hydroxyl groups excluding tert-OH is 1. The van der Waals surface area contributed by atoms with Crippen LogP contribution >= 0.6 is 0 Å². The minimum absolute atomic E-state index is 0.111. The van der Waals surface area contributed by atoms with Crippen LogP contribution in [-0.4, -0.2) is 86.0 Å². The Morgan fingerprint density at radius 3 is 2.43 bits per heavy atom. The zero-order valence-corrected chi connectivity index (χ0v) is 18.5. The summed E-state index contributed by atoms with van der Waals surface area (Å²) < 4.78 is 5.40. The van der Waals surface area contributed by atoms with Crippen molar-refractivity contribution in [2.75, 3.05) is 59.0 Å². The molecule has 0 atom stereocenters. The minimum Gasteiger partial charge on any atom is -0.393 e. The van der Waals surface area contributed by atoms with Crippen LogP contribution < -0.4 is 10.6 Å². The van der Waals surface area contributed by atoms with Gasteiger partial charge in [0.25, 0.3) is 0 Å². The van der Waals surface area contributed by atoms with Crippen LogP contribution in [0.3, 0.4) is 0 Å². The Hall–Kier alpha value is -1.67. The molecule has 0 radical (unpaired) electrons. The number of rotatable bonds is 9. The van der Waals surface area contributed by atoms with Crippen LogP contribution in [0.5, 0.6) is 0 Å². The average molecular weight is 418 g/mol. The van der Waals surface area contributed by atoms with Crippen molar-refractivity contribution in [2.24, 2.45) is 4.99 Å². The van der Waals surface area contributed by atoms with Gasteiger partial charge in [-0.25, -0.2) is 4.99 Å². The van der Waals surface area contributed by atoms with E-state index in [2.05, 4.69) is 51.6 Å². The summed E-state index contributed by atoms with van der Waals surface area (Å²) in [5.41, 5.74) is 2.55. The van der Waals surface area contributed by atoms with E-state index in [4.69, 9.17) is 9.73 Å². The summed E-state index contributed by atoms with van der Waals surface area (Å²) in [5.74, 6) is 0.885. The van der Waals surface area contributed by atoms with Crippen LogP contribution in [0.15, 0.2) is 29.3 Å². The molecule has 0 aliphatic carbocycles. The Labute approximate surface area is 181 Å². The highest BCUT2D eigenvalue weighted by Gasteiger charge is 2.16. The Bertz CT molecular complexity index is 623. The van der Waals surface area contributed by atoms with Crippen molar-refractivity contribution >= 4 is 5.96 Å². The molecule has 1 aromatic carbocycles. The van der Waals surface area contributed by atoms with Gasteiger partial charge < -0.3 is 20.5 Å². The lowest BCUT2D eigenvalue weighted by atomic mass is 10.1. The summed E-state index contributed by atoms with van der Waals surface area (Å²) in [5, 5.41) is 16.4. The molecule has 7 nitrogen and oxygen atoms in total. The third kappa shape index (κ3) is 8.22. The van der Waals surface area contributed by atoms with Crippen LogP contribution in [0.4, 0.5) is 0 Å². The summed E-state index contributed by atoms with van der Waals surface area (Å²) >= 11 is 0. The molecular weight excluding hydrogens is 378 g/mol. The first kappa shape index (κ1) is 23.0. The number of hydrogen-bond donors (Lipinski definition) is 3. The molecule has 168 valence electrons. The van der Waals surface area contributed by atoms with Crippen molar-refractivity contribution in [3.8, 4) is 0 Å². The molecular formula is C23H39N5O2. The molecule has 0 spiro atoms. The number of aliphatic imine (C=N–C) groups is 1. The maximum Gasteiger partial charge on any atom is 0.191 e. The van der Waals surface area contributed by atoms with Gasteiger partial charge in [-0.3, -0.25) is 9.80 Å².